The molecule has 5 heteroatoms. The molecule has 0 spiro atoms. The number of methoxy groups -OCH3 is 1. The largest absolute Gasteiger partial charge is 0.497 e. The number of hydrogen-bond acceptors (Lipinski definition) is 3. The molecule has 1 aromatic rings. The highest BCUT2D eigenvalue weighted by Crippen LogP contribution is 2.38. The van der Waals surface area contributed by atoms with Crippen molar-refractivity contribution in [2.24, 2.45) is 11.8 Å². The Labute approximate surface area is 124 Å². The summed E-state index contributed by atoms with van der Waals surface area (Å²) in [7, 11) is 1.61. The monoisotopic (exact) mass is 288 g/mol. The predicted molar refractivity (Wildman–Crippen MR) is 79.6 cm³/mol. The van der Waals surface area contributed by atoms with E-state index in [4.69, 9.17) is 4.74 Å². The number of carbonyl (C=O) groups is 2. The first-order chi connectivity index (χ1) is 10.2. The molecule has 0 saturated heterocycles. The molecule has 21 heavy (non-hydrogen) atoms. The Morgan fingerprint density at radius 1 is 1.24 bits per heavy atom. The summed E-state index contributed by atoms with van der Waals surface area (Å²) in [4.78, 5) is 23.6. The molecule has 1 aromatic carbocycles. The van der Waals surface area contributed by atoms with Crippen LogP contribution >= 0.6 is 0 Å². The predicted octanol–water partition coefficient (Wildman–Crippen LogP) is 1.25. The molecule has 1 fully saturated rings. The summed E-state index contributed by atoms with van der Waals surface area (Å²) >= 11 is 0. The molecule has 0 bridgehead atoms. The average molecular weight is 288 g/mol. The van der Waals surface area contributed by atoms with Crippen molar-refractivity contribution in [1.82, 2.24) is 10.6 Å². The molecule has 112 valence electrons. The fourth-order valence-electron chi connectivity index (χ4n) is 2.14. The maximum atomic E-state index is 12.0. The summed E-state index contributed by atoms with van der Waals surface area (Å²) in [5, 5.41) is 5.57. The maximum absolute atomic E-state index is 12.0. The van der Waals surface area contributed by atoms with Crippen LogP contribution in [0.1, 0.15) is 12.0 Å². The van der Waals surface area contributed by atoms with Gasteiger partial charge in [0.2, 0.25) is 11.8 Å². The van der Waals surface area contributed by atoms with Crippen LogP contribution in [0.25, 0.3) is 0 Å². The quantitative estimate of drug-likeness (QED) is 0.742. The summed E-state index contributed by atoms with van der Waals surface area (Å²) < 4.78 is 5.08. The first kappa shape index (κ1) is 15.1. The van der Waals surface area contributed by atoms with Crippen molar-refractivity contribution in [1.29, 1.82) is 0 Å². The van der Waals surface area contributed by atoms with Crippen molar-refractivity contribution in [3.8, 4) is 5.75 Å². The smallest absolute Gasteiger partial charge is 0.224 e. The molecule has 2 N–H and O–H groups in total. The standard InChI is InChI=1S/C16H20N2O3/c1-3-8-17-15(19)13-9-14(13)16(20)18-10-11-4-6-12(21-2)7-5-11/h3-7,13-14H,1,8-10H2,2H3,(H,17,19)(H,18,20). The van der Waals surface area contributed by atoms with E-state index in [0.717, 1.165) is 11.3 Å². The van der Waals surface area contributed by atoms with Crippen LogP contribution in [0.5, 0.6) is 5.75 Å². The van der Waals surface area contributed by atoms with Gasteiger partial charge in [-0.1, -0.05) is 18.2 Å². The van der Waals surface area contributed by atoms with Gasteiger partial charge in [-0.25, -0.2) is 0 Å². The van der Waals surface area contributed by atoms with E-state index in [0.29, 0.717) is 19.5 Å². The van der Waals surface area contributed by atoms with E-state index >= 15 is 0 Å². The lowest BCUT2D eigenvalue weighted by atomic mass is 10.2. The molecular formula is C16H20N2O3. The fourth-order valence-corrected chi connectivity index (χ4v) is 2.14. The Morgan fingerprint density at radius 2 is 1.86 bits per heavy atom. The highest BCUT2D eigenvalue weighted by molar-refractivity contribution is 5.92. The van der Waals surface area contributed by atoms with Gasteiger partial charge in [0.15, 0.2) is 0 Å². The van der Waals surface area contributed by atoms with Crippen LogP contribution in [0.4, 0.5) is 0 Å². The second-order valence-electron chi connectivity index (χ2n) is 5.05. The van der Waals surface area contributed by atoms with Crippen LogP contribution < -0.4 is 15.4 Å². The van der Waals surface area contributed by atoms with Gasteiger partial charge in [-0.15, -0.1) is 6.58 Å². The zero-order valence-electron chi connectivity index (χ0n) is 12.1. The summed E-state index contributed by atoms with van der Waals surface area (Å²) in [5.74, 6) is 0.254. The van der Waals surface area contributed by atoms with E-state index in [1.165, 1.54) is 0 Å². The number of benzene rings is 1. The molecule has 2 unspecified atom stereocenters. The zero-order chi connectivity index (χ0) is 15.2. The van der Waals surface area contributed by atoms with Gasteiger partial charge in [-0.2, -0.15) is 0 Å². The van der Waals surface area contributed by atoms with Gasteiger partial charge in [-0.05, 0) is 24.1 Å². The molecule has 5 nitrogen and oxygen atoms in total. The Morgan fingerprint density at radius 3 is 2.43 bits per heavy atom. The Hall–Kier alpha value is -2.30. The van der Waals surface area contributed by atoms with E-state index < -0.39 is 0 Å². The lowest BCUT2D eigenvalue weighted by Crippen LogP contribution is -2.30. The minimum atomic E-state index is -0.201. The van der Waals surface area contributed by atoms with E-state index in [1.807, 2.05) is 24.3 Å². The molecule has 0 aromatic heterocycles. The van der Waals surface area contributed by atoms with Crippen molar-refractivity contribution in [3.05, 3.63) is 42.5 Å². The highest BCUT2D eigenvalue weighted by atomic mass is 16.5. The molecule has 1 aliphatic rings. The van der Waals surface area contributed by atoms with Gasteiger partial charge < -0.3 is 15.4 Å². The van der Waals surface area contributed by atoms with Crippen LogP contribution in [0.3, 0.4) is 0 Å². The van der Waals surface area contributed by atoms with Crippen molar-refractivity contribution in [3.63, 3.8) is 0 Å². The summed E-state index contributed by atoms with van der Waals surface area (Å²) in [6, 6.07) is 7.51. The van der Waals surface area contributed by atoms with Gasteiger partial charge in [0.25, 0.3) is 0 Å². The van der Waals surface area contributed by atoms with E-state index in [1.54, 1.807) is 13.2 Å². The van der Waals surface area contributed by atoms with Crippen LogP contribution in [0.2, 0.25) is 0 Å². The van der Waals surface area contributed by atoms with Gasteiger partial charge in [0.05, 0.1) is 18.9 Å². The fraction of sp³-hybridized carbons (Fsp3) is 0.375. The van der Waals surface area contributed by atoms with Gasteiger partial charge >= 0.3 is 0 Å². The SMILES string of the molecule is C=CCNC(=O)C1CC1C(=O)NCc1ccc(OC)cc1. The van der Waals surface area contributed by atoms with Crippen LogP contribution in [-0.2, 0) is 16.1 Å². The minimum absolute atomic E-state index is 0.0652. The van der Waals surface area contributed by atoms with E-state index in [2.05, 4.69) is 17.2 Å². The topological polar surface area (TPSA) is 67.4 Å². The van der Waals surface area contributed by atoms with Crippen molar-refractivity contribution >= 4 is 11.8 Å². The third-order valence-electron chi connectivity index (χ3n) is 3.51. The van der Waals surface area contributed by atoms with Crippen LogP contribution in [0.15, 0.2) is 36.9 Å². The number of amides is 2. The third-order valence-corrected chi connectivity index (χ3v) is 3.51. The summed E-state index contributed by atoms with van der Waals surface area (Å²) in [5.41, 5.74) is 0.998. The molecule has 2 rings (SSSR count). The molecule has 0 aliphatic heterocycles. The molecule has 1 saturated carbocycles. The van der Waals surface area contributed by atoms with Crippen LogP contribution in [-0.4, -0.2) is 25.5 Å². The van der Waals surface area contributed by atoms with E-state index in [9.17, 15) is 9.59 Å². The number of ether oxygens (including phenoxy) is 1. The van der Waals surface area contributed by atoms with E-state index in [-0.39, 0.29) is 23.7 Å². The molecule has 1 aliphatic carbocycles. The van der Waals surface area contributed by atoms with Crippen molar-refractivity contribution < 1.29 is 14.3 Å². The van der Waals surface area contributed by atoms with Crippen molar-refractivity contribution in [2.75, 3.05) is 13.7 Å². The Kier molecular flexibility index (Phi) is 4.98. The molecule has 0 heterocycles. The first-order valence-electron chi connectivity index (χ1n) is 6.95. The average Bonchev–Trinajstić information content (AvgIpc) is 3.31. The second-order valence-corrected chi connectivity index (χ2v) is 5.05. The number of nitrogens with one attached hydrogen (secondary N) is 2. The third kappa shape index (κ3) is 4.08. The number of carbonyl (C=O) groups excluding carboxylic acids is 2. The number of rotatable bonds is 7. The number of hydrogen-bond donors (Lipinski definition) is 2. The Bertz CT molecular complexity index is 525. The molecule has 2 amide bonds. The first-order valence-corrected chi connectivity index (χ1v) is 6.95. The zero-order valence-corrected chi connectivity index (χ0v) is 12.1. The van der Waals surface area contributed by atoms with Gasteiger partial charge in [-0.3, -0.25) is 9.59 Å². The highest BCUT2D eigenvalue weighted by Gasteiger charge is 2.47. The molecule has 0 radical (unpaired) electrons. The normalized spacial score (nSPS) is 19.5. The minimum Gasteiger partial charge on any atom is -0.497 e. The lowest BCUT2D eigenvalue weighted by molar-refractivity contribution is -0.127. The molecular weight excluding hydrogens is 268 g/mol. The maximum Gasteiger partial charge on any atom is 0.224 e. The van der Waals surface area contributed by atoms with Gasteiger partial charge in [0, 0.05) is 13.1 Å². The van der Waals surface area contributed by atoms with Crippen molar-refractivity contribution in [2.45, 2.75) is 13.0 Å². The van der Waals surface area contributed by atoms with Gasteiger partial charge in [0.1, 0.15) is 5.75 Å². The van der Waals surface area contributed by atoms with Crippen LogP contribution in [0, 0.1) is 11.8 Å². The Balaban J connectivity index is 1.75. The second kappa shape index (κ2) is 6.92. The summed E-state index contributed by atoms with van der Waals surface area (Å²) in [6.07, 6.45) is 2.25. The lowest BCUT2D eigenvalue weighted by Gasteiger charge is -2.06. The summed E-state index contributed by atoms with van der Waals surface area (Å²) in [6.45, 7) is 4.44. The molecule has 2 atom stereocenters.